The largest absolute Gasteiger partial charge is 0.325 e. The third-order valence-corrected chi connectivity index (χ3v) is 4.30. The Morgan fingerprint density at radius 1 is 1.67 bits per heavy atom. The molecule has 4 heteroatoms. The van der Waals surface area contributed by atoms with E-state index in [-0.39, 0.29) is 0 Å². The molecule has 1 unspecified atom stereocenters. The van der Waals surface area contributed by atoms with Crippen LogP contribution in [0.25, 0.3) is 0 Å². The SMILES string of the molecule is NCc1nc(C2CCCS2)cs1. The van der Waals surface area contributed by atoms with Crippen molar-refractivity contribution in [1.82, 2.24) is 4.98 Å². The van der Waals surface area contributed by atoms with Crippen molar-refractivity contribution in [1.29, 1.82) is 0 Å². The molecule has 1 aliphatic heterocycles. The Kier molecular flexibility index (Phi) is 2.68. The minimum Gasteiger partial charge on any atom is -0.325 e. The highest BCUT2D eigenvalue weighted by molar-refractivity contribution is 7.99. The summed E-state index contributed by atoms with van der Waals surface area (Å²) in [5.74, 6) is 1.29. The number of nitrogens with zero attached hydrogens (tertiary/aromatic N) is 1. The van der Waals surface area contributed by atoms with Gasteiger partial charge in [0.15, 0.2) is 0 Å². The standard InChI is InChI=1S/C8H12N2S2/c9-4-8-10-6(5-12-8)7-2-1-3-11-7/h5,7H,1-4,9H2. The van der Waals surface area contributed by atoms with Crippen molar-refractivity contribution in [2.45, 2.75) is 24.6 Å². The molecule has 12 heavy (non-hydrogen) atoms. The zero-order valence-electron chi connectivity index (χ0n) is 6.82. The zero-order chi connectivity index (χ0) is 8.39. The van der Waals surface area contributed by atoms with Crippen LogP contribution in [0.3, 0.4) is 0 Å². The van der Waals surface area contributed by atoms with Gasteiger partial charge in [-0.15, -0.1) is 11.3 Å². The third kappa shape index (κ3) is 1.65. The van der Waals surface area contributed by atoms with Crippen LogP contribution in [0.1, 0.15) is 28.8 Å². The molecule has 1 atom stereocenters. The summed E-state index contributed by atoms with van der Waals surface area (Å²) in [5.41, 5.74) is 6.76. The zero-order valence-corrected chi connectivity index (χ0v) is 8.46. The Hall–Kier alpha value is -0.0600. The van der Waals surface area contributed by atoms with E-state index < -0.39 is 0 Å². The van der Waals surface area contributed by atoms with E-state index in [1.54, 1.807) is 11.3 Å². The maximum Gasteiger partial charge on any atom is 0.106 e. The molecule has 0 aromatic carbocycles. The number of hydrogen-bond acceptors (Lipinski definition) is 4. The molecule has 1 aromatic rings. The van der Waals surface area contributed by atoms with Gasteiger partial charge in [-0.3, -0.25) is 0 Å². The molecular weight excluding hydrogens is 188 g/mol. The second-order valence-electron chi connectivity index (χ2n) is 2.87. The predicted octanol–water partition coefficient (Wildman–Crippen LogP) is 2.17. The van der Waals surface area contributed by atoms with E-state index in [0.29, 0.717) is 11.8 Å². The molecule has 2 nitrogen and oxygen atoms in total. The maximum absolute atomic E-state index is 5.50. The second kappa shape index (κ2) is 3.77. The number of thiazole rings is 1. The number of aromatic nitrogens is 1. The second-order valence-corrected chi connectivity index (χ2v) is 5.13. The molecular formula is C8H12N2S2. The van der Waals surface area contributed by atoms with Crippen LogP contribution in [-0.2, 0) is 6.54 Å². The van der Waals surface area contributed by atoms with Gasteiger partial charge < -0.3 is 5.73 Å². The molecule has 0 bridgehead atoms. The van der Waals surface area contributed by atoms with E-state index in [9.17, 15) is 0 Å². The molecule has 1 aliphatic rings. The highest BCUT2D eigenvalue weighted by atomic mass is 32.2. The lowest BCUT2D eigenvalue weighted by molar-refractivity contribution is 0.806. The maximum atomic E-state index is 5.50. The molecule has 66 valence electrons. The van der Waals surface area contributed by atoms with Gasteiger partial charge in [0.25, 0.3) is 0 Å². The molecule has 2 rings (SSSR count). The van der Waals surface area contributed by atoms with E-state index in [0.717, 1.165) is 5.01 Å². The first kappa shape index (κ1) is 8.53. The normalized spacial score (nSPS) is 23.2. The van der Waals surface area contributed by atoms with Crippen LogP contribution < -0.4 is 5.73 Å². The van der Waals surface area contributed by atoms with Crippen LogP contribution in [0.5, 0.6) is 0 Å². The summed E-state index contributed by atoms with van der Waals surface area (Å²) in [6, 6.07) is 0. The van der Waals surface area contributed by atoms with E-state index in [1.807, 2.05) is 11.8 Å². The van der Waals surface area contributed by atoms with Crippen molar-refractivity contribution in [3.63, 3.8) is 0 Å². The molecule has 1 saturated heterocycles. The van der Waals surface area contributed by atoms with E-state index in [4.69, 9.17) is 5.73 Å². The fourth-order valence-electron chi connectivity index (χ4n) is 1.38. The van der Waals surface area contributed by atoms with Crippen LogP contribution in [0.4, 0.5) is 0 Å². The minimum atomic E-state index is 0.585. The summed E-state index contributed by atoms with van der Waals surface area (Å²) < 4.78 is 0. The Balaban J connectivity index is 2.11. The molecule has 0 amide bonds. The van der Waals surface area contributed by atoms with Gasteiger partial charge in [0.1, 0.15) is 5.01 Å². The van der Waals surface area contributed by atoms with Gasteiger partial charge >= 0.3 is 0 Å². The highest BCUT2D eigenvalue weighted by Crippen LogP contribution is 2.39. The van der Waals surface area contributed by atoms with Crippen LogP contribution in [0, 0.1) is 0 Å². The van der Waals surface area contributed by atoms with Crippen molar-refractivity contribution in [2.24, 2.45) is 5.73 Å². The molecule has 2 N–H and O–H groups in total. The molecule has 2 heterocycles. The van der Waals surface area contributed by atoms with Crippen LogP contribution in [0.15, 0.2) is 5.38 Å². The molecule has 1 fully saturated rings. The van der Waals surface area contributed by atoms with Crippen molar-refractivity contribution in [3.05, 3.63) is 16.1 Å². The Morgan fingerprint density at radius 3 is 3.17 bits per heavy atom. The molecule has 0 aliphatic carbocycles. The Bertz CT molecular complexity index is 253. The molecule has 0 saturated carbocycles. The average Bonchev–Trinajstić information content (AvgIpc) is 2.75. The van der Waals surface area contributed by atoms with Gasteiger partial charge in [0.05, 0.1) is 5.69 Å². The van der Waals surface area contributed by atoms with Crippen LogP contribution in [-0.4, -0.2) is 10.7 Å². The first-order valence-electron chi connectivity index (χ1n) is 4.16. The number of thioether (sulfide) groups is 1. The molecule has 0 radical (unpaired) electrons. The van der Waals surface area contributed by atoms with Crippen molar-refractivity contribution >= 4 is 23.1 Å². The van der Waals surface area contributed by atoms with Gasteiger partial charge in [-0.25, -0.2) is 4.98 Å². The molecule has 0 spiro atoms. The Labute approximate surface area is 80.6 Å². The predicted molar refractivity (Wildman–Crippen MR) is 54.4 cm³/mol. The first-order valence-corrected chi connectivity index (χ1v) is 6.09. The molecule has 1 aromatic heterocycles. The quantitative estimate of drug-likeness (QED) is 0.795. The number of hydrogen-bond donors (Lipinski definition) is 1. The lowest BCUT2D eigenvalue weighted by Crippen LogP contribution is -1.96. The number of rotatable bonds is 2. The van der Waals surface area contributed by atoms with E-state index in [1.165, 1.54) is 24.3 Å². The van der Waals surface area contributed by atoms with Crippen LogP contribution >= 0.6 is 23.1 Å². The smallest absolute Gasteiger partial charge is 0.106 e. The van der Waals surface area contributed by atoms with Gasteiger partial charge in [-0.1, -0.05) is 0 Å². The van der Waals surface area contributed by atoms with Crippen LogP contribution in [0.2, 0.25) is 0 Å². The van der Waals surface area contributed by atoms with Gasteiger partial charge in [-0.05, 0) is 18.6 Å². The van der Waals surface area contributed by atoms with Crippen molar-refractivity contribution in [2.75, 3.05) is 5.75 Å². The highest BCUT2D eigenvalue weighted by Gasteiger charge is 2.19. The fourth-order valence-corrected chi connectivity index (χ4v) is 3.43. The summed E-state index contributed by atoms with van der Waals surface area (Å²) in [5, 5.41) is 3.88. The lowest BCUT2D eigenvalue weighted by atomic mass is 10.2. The van der Waals surface area contributed by atoms with E-state index in [2.05, 4.69) is 10.4 Å². The van der Waals surface area contributed by atoms with Gasteiger partial charge in [0, 0.05) is 17.2 Å². The lowest BCUT2D eigenvalue weighted by Gasteiger charge is -2.02. The summed E-state index contributed by atoms with van der Waals surface area (Å²) >= 11 is 3.71. The number of nitrogens with two attached hydrogens (primary N) is 1. The third-order valence-electron chi connectivity index (χ3n) is 2.00. The summed E-state index contributed by atoms with van der Waals surface area (Å²) in [7, 11) is 0. The monoisotopic (exact) mass is 200 g/mol. The Morgan fingerprint density at radius 2 is 2.58 bits per heavy atom. The summed E-state index contributed by atoms with van der Waals surface area (Å²) in [4.78, 5) is 4.48. The fraction of sp³-hybridized carbons (Fsp3) is 0.625. The van der Waals surface area contributed by atoms with Gasteiger partial charge in [0.2, 0.25) is 0 Å². The van der Waals surface area contributed by atoms with Gasteiger partial charge in [-0.2, -0.15) is 11.8 Å². The first-order chi connectivity index (χ1) is 5.90. The average molecular weight is 200 g/mol. The minimum absolute atomic E-state index is 0.585. The summed E-state index contributed by atoms with van der Waals surface area (Å²) in [6.07, 6.45) is 2.63. The van der Waals surface area contributed by atoms with Crippen molar-refractivity contribution < 1.29 is 0 Å². The summed E-state index contributed by atoms with van der Waals surface area (Å²) in [6.45, 7) is 0.585. The van der Waals surface area contributed by atoms with E-state index >= 15 is 0 Å². The topological polar surface area (TPSA) is 38.9 Å². The van der Waals surface area contributed by atoms with Crippen molar-refractivity contribution in [3.8, 4) is 0 Å².